The molecule has 0 amide bonds. The van der Waals surface area contributed by atoms with E-state index in [4.69, 9.17) is 0 Å². The highest BCUT2D eigenvalue weighted by Gasteiger charge is 2.18. The van der Waals surface area contributed by atoms with Crippen LogP contribution in [0.2, 0.25) is 0 Å². The van der Waals surface area contributed by atoms with Gasteiger partial charge < -0.3 is 10.0 Å². The largest absolute Gasteiger partial charge is 0.393 e. The zero-order valence-corrected chi connectivity index (χ0v) is 9.00. The van der Waals surface area contributed by atoms with Crippen molar-refractivity contribution >= 4 is 0 Å². The second-order valence-electron chi connectivity index (χ2n) is 4.63. The van der Waals surface area contributed by atoms with Gasteiger partial charge in [-0.3, -0.25) is 0 Å². The molecule has 0 spiro atoms. The van der Waals surface area contributed by atoms with Crippen molar-refractivity contribution in [1.82, 2.24) is 4.90 Å². The van der Waals surface area contributed by atoms with Crippen LogP contribution in [0.25, 0.3) is 0 Å². The molecular formula is C11H23NO. The Hall–Kier alpha value is -0.0800. The molecule has 1 unspecified atom stereocenters. The highest BCUT2D eigenvalue weighted by atomic mass is 16.3. The van der Waals surface area contributed by atoms with Crippen LogP contribution in [0.5, 0.6) is 0 Å². The molecule has 2 heteroatoms. The molecule has 0 radical (unpaired) electrons. The van der Waals surface area contributed by atoms with Crippen LogP contribution < -0.4 is 0 Å². The highest BCUT2D eigenvalue weighted by molar-refractivity contribution is 4.71. The van der Waals surface area contributed by atoms with Crippen LogP contribution in [0, 0.1) is 5.92 Å². The van der Waals surface area contributed by atoms with E-state index in [0.717, 1.165) is 25.3 Å². The Morgan fingerprint density at radius 2 is 1.92 bits per heavy atom. The minimum Gasteiger partial charge on any atom is -0.393 e. The van der Waals surface area contributed by atoms with E-state index in [1.807, 2.05) is 0 Å². The van der Waals surface area contributed by atoms with Crippen LogP contribution >= 0.6 is 0 Å². The summed E-state index contributed by atoms with van der Waals surface area (Å²) in [4.78, 5) is 2.14. The maximum absolute atomic E-state index is 9.73. The maximum Gasteiger partial charge on any atom is 0.0555 e. The molecule has 2 nitrogen and oxygen atoms in total. The summed E-state index contributed by atoms with van der Waals surface area (Å²) < 4.78 is 0. The van der Waals surface area contributed by atoms with Crippen LogP contribution in [0.15, 0.2) is 0 Å². The first-order valence-corrected chi connectivity index (χ1v) is 5.51. The van der Waals surface area contributed by atoms with Crippen molar-refractivity contribution in [2.75, 3.05) is 20.6 Å². The third kappa shape index (κ3) is 4.63. The fourth-order valence-corrected chi connectivity index (χ4v) is 2.16. The van der Waals surface area contributed by atoms with Crippen molar-refractivity contribution in [3.63, 3.8) is 0 Å². The number of hydrogen-bond acceptors (Lipinski definition) is 2. The number of nitrogens with zero attached hydrogens (tertiary/aromatic N) is 1. The predicted octanol–water partition coefficient (Wildman–Crippen LogP) is 1.88. The van der Waals surface area contributed by atoms with E-state index in [0.29, 0.717) is 0 Å². The quantitative estimate of drug-likeness (QED) is 0.707. The molecule has 0 aliphatic heterocycles. The van der Waals surface area contributed by atoms with Gasteiger partial charge in [0, 0.05) is 0 Å². The molecule has 1 saturated carbocycles. The zero-order chi connectivity index (χ0) is 9.68. The summed E-state index contributed by atoms with van der Waals surface area (Å²) in [6.07, 6.45) is 7.36. The predicted molar refractivity (Wildman–Crippen MR) is 55.8 cm³/mol. The number of aliphatic hydroxyl groups excluding tert-OH is 1. The van der Waals surface area contributed by atoms with Crippen molar-refractivity contribution in [3.8, 4) is 0 Å². The first-order chi connectivity index (χ1) is 6.18. The standard InChI is InChI=1S/C11H23NO/c1-12(2)8-7-11(13)9-10-5-3-4-6-10/h10-11,13H,3-9H2,1-2H3. The van der Waals surface area contributed by atoms with Crippen LogP contribution in [-0.4, -0.2) is 36.8 Å². The van der Waals surface area contributed by atoms with Crippen molar-refractivity contribution in [2.24, 2.45) is 5.92 Å². The first kappa shape index (κ1) is 11.0. The summed E-state index contributed by atoms with van der Waals surface area (Å²) in [6.45, 7) is 1.01. The number of hydrogen-bond donors (Lipinski definition) is 1. The summed E-state index contributed by atoms with van der Waals surface area (Å²) in [5.41, 5.74) is 0. The summed E-state index contributed by atoms with van der Waals surface area (Å²) in [7, 11) is 4.12. The first-order valence-electron chi connectivity index (χ1n) is 5.51. The molecule has 13 heavy (non-hydrogen) atoms. The average Bonchev–Trinajstić information content (AvgIpc) is 2.53. The molecule has 0 aromatic rings. The van der Waals surface area contributed by atoms with Gasteiger partial charge >= 0.3 is 0 Å². The van der Waals surface area contributed by atoms with Crippen LogP contribution in [0.3, 0.4) is 0 Å². The Balaban J connectivity index is 2.05. The lowest BCUT2D eigenvalue weighted by Crippen LogP contribution is -2.20. The van der Waals surface area contributed by atoms with Gasteiger partial charge in [0.15, 0.2) is 0 Å². The van der Waals surface area contributed by atoms with Gasteiger partial charge in [-0.1, -0.05) is 25.7 Å². The van der Waals surface area contributed by atoms with Gasteiger partial charge in [0.05, 0.1) is 6.10 Å². The number of rotatable bonds is 5. The van der Waals surface area contributed by atoms with Crippen LogP contribution in [0.1, 0.15) is 38.5 Å². The SMILES string of the molecule is CN(C)CCC(O)CC1CCCC1. The van der Waals surface area contributed by atoms with Crippen molar-refractivity contribution < 1.29 is 5.11 Å². The minimum atomic E-state index is -0.0644. The maximum atomic E-state index is 9.73. The molecule has 0 heterocycles. The molecule has 1 fully saturated rings. The third-order valence-electron chi connectivity index (χ3n) is 2.99. The topological polar surface area (TPSA) is 23.5 Å². The summed E-state index contributed by atoms with van der Waals surface area (Å²) >= 11 is 0. The van der Waals surface area contributed by atoms with E-state index >= 15 is 0 Å². The molecule has 0 saturated heterocycles. The molecule has 1 N–H and O–H groups in total. The van der Waals surface area contributed by atoms with Gasteiger partial charge in [0.2, 0.25) is 0 Å². The Labute approximate surface area is 81.9 Å². The van der Waals surface area contributed by atoms with Gasteiger partial charge in [-0.05, 0) is 39.4 Å². The van der Waals surface area contributed by atoms with Gasteiger partial charge in [0.25, 0.3) is 0 Å². The van der Waals surface area contributed by atoms with Gasteiger partial charge in [0.1, 0.15) is 0 Å². The molecule has 1 atom stereocenters. The molecule has 1 rings (SSSR count). The summed E-state index contributed by atoms with van der Waals surface area (Å²) in [5, 5.41) is 9.73. The molecular weight excluding hydrogens is 162 g/mol. The van der Waals surface area contributed by atoms with E-state index in [1.165, 1.54) is 25.7 Å². The molecule has 0 aromatic heterocycles. The van der Waals surface area contributed by atoms with Crippen LogP contribution in [0.4, 0.5) is 0 Å². The molecule has 0 aromatic carbocycles. The Morgan fingerprint density at radius 3 is 2.46 bits per heavy atom. The molecule has 0 bridgehead atoms. The normalized spacial score (nSPS) is 21.2. The molecule has 78 valence electrons. The lowest BCUT2D eigenvalue weighted by molar-refractivity contribution is 0.124. The smallest absolute Gasteiger partial charge is 0.0555 e. The fraction of sp³-hybridized carbons (Fsp3) is 1.00. The summed E-state index contributed by atoms with van der Waals surface area (Å²) in [6, 6.07) is 0. The monoisotopic (exact) mass is 185 g/mol. The summed E-state index contributed by atoms with van der Waals surface area (Å²) in [5.74, 6) is 0.817. The van der Waals surface area contributed by atoms with E-state index in [1.54, 1.807) is 0 Å². The van der Waals surface area contributed by atoms with Gasteiger partial charge in [-0.2, -0.15) is 0 Å². The Kier molecular flexibility index (Phi) is 4.74. The van der Waals surface area contributed by atoms with E-state index in [2.05, 4.69) is 19.0 Å². The van der Waals surface area contributed by atoms with Gasteiger partial charge in [-0.25, -0.2) is 0 Å². The molecule has 1 aliphatic carbocycles. The minimum absolute atomic E-state index is 0.0644. The van der Waals surface area contributed by atoms with E-state index < -0.39 is 0 Å². The van der Waals surface area contributed by atoms with E-state index in [9.17, 15) is 5.11 Å². The molecule has 1 aliphatic rings. The second-order valence-corrected chi connectivity index (χ2v) is 4.63. The lowest BCUT2D eigenvalue weighted by Gasteiger charge is -2.17. The highest BCUT2D eigenvalue weighted by Crippen LogP contribution is 2.29. The fourth-order valence-electron chi connectivity index (χ4n) is 2.16. The van der Waals surface area contributed by atoms with Crippen molar-refractivity contribution in [3.05, 3.63) is 0 Å². The average molecular weight is 185 g/mol. The van der Waals surface area contributed by atoms with Crippen molar-refractivity contribution in [2.45, 2.75) is 44.6 Å². The van der Waals surface area contributed by atoms with Gasteiger partial charge in [-0.15, -0.1) is 0 Å². The van der Waals surface area contributed by atoms with Crippen molar-refractivity contribution in [1.29, 1.82) is 0 Å². The zero-order valence-electron chi connectivity index (χ0n) is 9.00. The Morgan fingerprint density at radius 1 is 1.31 bits per heavy atom. The van der Waals surface area contributed by atoms with Crippen LogP contribution in [-0.2, 0) is 0 Å². The third-order valence-corrected chi connectivity index (χ3v) is 2.99. The van der Waals surface area contributed by atoms with E-state index in [-0.39, 0.29) is 6.10 Å². The Bertz CT molecular complexity index is 130. The lowest BCUT2D eigenvalue weighted by atomic mass is 9.98. The number of aliphatic hydroxyl groups is 1. The second kappa shape index (κ2) is 5.61.